The van der Waals surface area contributed by atoms with Gasteiger partial charge < -0.3 is 10.4 Å². The van der Waals surface area contributed by atoms with Crippen LogP contribution in [0.15, 0.2) is 30.5 Å². The lowest BCUT2D eigenvalue weighted by Crippen LogP contribution is -2.01. The van der Waals surface area contributed by atoms with Crippen LogP contribution in [0.4, 0.5) is 17.2 Å². The summed E-state index contributed by atoms with van der Waals surface area (Å²) in [6, 6.07) is 5.60. The van der Waals surface area contributed by atoms with Crippen molar-refractivity contribution in [2.45, 2.75) is 6.92 Å². The van der Waals surface area contributed by atoms with Crippen LogP contribution >= 0.6 is 11.6 Å². The molecule has 2 N–H and O–H groups in total. The van der Waals surface area contributed by atoms with E-state index in [4.69, 9.17) is 16.7 Å². The number of aromatic carboxylic acids is 1. The van der Waals surface area contributed by atoms with Crippen molar-refractivity contribution in [1.82, 2.24) is 4.98 Å². The number of halogens is 1. The molecule has 0 radical (unpaired) electrons. The minimum Gasteiger partial charge on any atom is -0.478 e. The summed E-state index contributed by atoms with van der Waals surface area (Å²) in [7, 11) is 0. The minimum absolute atomic E-state index is 0.0685. The van der Waals surface area contributed by atoms with Crippen molar-refractivity contribution in [3.8, 4) is 0 Å². The van der Waals surface area contributed by atoms with Gasteiger partial charge >= 0.3 is 5.97 Å². The molecule has 0 amide bonds. The van der Waals surface area contributed by atoms with Gasteiger partial charge in [0, 0.05) is 6.07 Å². The fourth-order valence-electron chi connectivity index (χ4n) is 1.67. The van der Waals surface area contributed by atoms with Crippen LogP contribution < -0.4 is 5.32 Å². The van der Waals surface area contributed by atoms with Crippen molar-refractivity contribution < 1.29 is 14.8 Å². The number of nitrogens with zero attached hydrogens (tertiary/aromatic N) is 2. The van der Waals surface area contributed by atoms with Gasteiger partial charge in [-0.2, -0.15) is 0 Å². The molecular weight excluding hydrogens is 298 g/mol. The fraction of sp³-hybridized carbons (Fsp3) is 0.0769. The SMILES string of the molecule is Cc1cc([N+](=O)[O-])cnc1Nc1ccc(C(=O)O)cc1Cl. The molecule has 0 fully saturated rings. The normalized spacial score (nSPS) is 10.2. The highest BCUT2D eigenvalue weighted by molar-refractivity contribution is 6.33. The van der Waals surface area contributed by atoms with Gasteiger partial charge in [-0.1, -0.05) is 11.6 Å². The maximum Gasteiger partial charge on any atom is 0.335 e. The number of aryl methyl sites for hydroxylation is 1. The summed E-state index contributed by atoms with van der Waals surface area (Å²) in [5.74, 6) is -0.668. The monoisotopic (exact) mass is 307 g/mol. The third-order valence-electron chi connectivity index (χ3n) is 2.74. The lowest BCUT2D eigenvalue weighted by Gasteiger charge is -2.10. The summed E-state index contributed by atoms with van der Waals surface area (Å²) in [5.41, 5.74) is 0.998. The number of nitro groups is 1. The molecular formula is C13H10ClN3O4. The Balaban J connectivity index is 2.30. The Hall–Kier alpha value is -2.67. The first-order chi connectivity index (χ1) is 9.88. The molecule has 0 saturated heterocycles. The number of nitrogens with one attached hydrogen (secondary N) is 1. The molecule has 0 saturated carbocycles. The molecule has 1 aromatic carbocycles. The first-order valence-electron chi connectivity index (χ1n) is 5.79. The maximum atomic E-state index is 10.8. The molecule has 7 nitrogen and oxygen atoms in total. The van der Waals surface area contributed by atoms with Crippen LogP contribution in [0, 0.1) is 17.0 Å². The average Bonchev–Trinajstić information content (AvgIpc) is 2.42. The zero-order valence-corrected chi connectivity index (χ0v) is 11.6. The van der Waals surface area contributed by atoms with E-state index in [-0.39, 0.29) is 16.3 Å². The number of carboxylic acids is 1. The van der Waals surface area contributed by atoms with E-state index >= 15 is 0 Å². The Morgan fingerprint density at radius 1 is 1.43 bits per heavy atom. The highest BCUT2D eigenvalue weighted by Crippen LogP contribution is 2.28. The van der Waals surface area contributed by atoms with Crippen LogP contribution in [0.1, 0.15) is 15.9 Å². The Bertz CT molecular complexity index is 672. The van der Waals surface area contributed by atoms with E-state index in [0.717, 1.165) is 6.20 Å². The Kier molecular flexibility index (Phi) is 4.04. The second kappa shape index (κ2) is 5.76. The third kappa shape index (κ3) is 3.26. The highest BCUT2D eigenvalue weighted by Gasteiger charge is 2.12. The number of carbonyl (C=O) groups is 1. The summed E-state index contributed by atoms with van der Waals surface area (Å²) in [4.78, 5) is 24.9. The molecule has 1 aromatic heterocycles. The van der Waals surface area contributed by atoms with Gasteiger partial charge in [0.1, 0.15) is 12.0 Å². The number of pyridine rings is 1. The molecule has 0 bridgehead atoms. The average molecular weight is 308 g/mol. The molecule has 2 rings (SSSR count). The van der Waals surface area contributed by atoms with E-state index in [9.17, 15) is 14.9 Å². The maximum absolute atomic E-state index is 10.8. The summed E-state index contributed by atoms with van der Waals surface area (Å²) in [5, 5.41) is 22.6. The molecule has 8 heteroatoms. The summed E-state index contributed by atoms with van der Waals surface area (Å²) >= 11 is 6.00. The number of hydrogen-bond acceptors (Lipinski definition) is 5. The van der Waals surface area contributed by atoms with Gasteiger partial charge in [0.2, 0.25) is 0 Å². The van der Waals surface area contributed by atoms with E-state index in [0.29, 0.717) is 17.1 Å². The van der Waals surface area contributed by atoms with Crippen molar-refractivity contribution >= 4 is 34.8 Å². The predicted octanol–water partition coefficient (Wildman–Crippen LogP) is 3.39. The van der Waals surface area contributed by atoms with E-state index in [1.807, 2.05) is 0 Å². The first kappa shape index (κ1) is 14.7. The van der Waals surface area contributed by atoms with Gasteiger partial charge in [0.05, 0.1) is 21.2 Å². The van der Waals surface area contributed by atoms with Crippen molar-refractivity contribution in [3.63, 3.8) is 0 Å². The standard InChI is InChI=1S/C13H10ClN3O4/c1-7-4-9(17(20)21)6-15-12(7)16-11-3-2-8(13(18)19)5-10(11)14/h2-6H,1H3,(H,15,16)(H,18,19). The first-order valence-corrected chi connectivity index (χ1v) is 6.17. The van der Waals surface area contributed by atoms with Crippen LogP contribution in [0.3, 0.4) is 0 Å². The second-order valence-electron chi connectivity index (χ2n) is 4.24. The Labute approximate surface area is 124 Å². The van der Waals surface area contributed by atoms with Gasteiger partial charge in [-0.15, -0.1) is 0 Å². The fourth-order valence-corrected chi connectivity index (χ4v) is 1.90. The zero-order chi connectivity index (χ0) is 15.6. The van der Waals surface area contributed by atoms with E-state index < -0.39 is 10.9 Å². The lowest BCUT2D eigenvalue weighted by atomic mass is 10.2. The molecule has 1 heterocycles. The Morgan fingerprint density at radius 3 is 2.67 bits per heavy atom. The quantitative estimate of drug-likeness (QED) is 0.662. The van der Waals surface area contributed by atoms with E-state index in [2.05, 4.69) is 10.3 Å². The molecule has 0 atom stereocenters. The molecule has 0 spiro atoms. The summed E-state index contributed by atoms with van der Waals surface area (Å²) in [6.07, 6.45) is 1.13. The third-order valence-corrected chi connectivity index (χ3v) is 3.06. The van der Waals surface area contributed by atoms with Crippen molar-refractivity contribution in [3.05, 3.63) is 56.7 Å². The van der Waals surface area contributed by atoms with Crippen LogP contribution in [-0.2, 0) is 0 Å². The number of anilines is 2. The number of carboxylic acid groups (broad SMARTS) is 1. The predicted molar refractivity (Wildman–Crippen MR) is 77.3 cm³/mol. The number of benzene rings is 1. The van der Waals surface area contributed by atoms with Crippen molar-refractivity contribution in [1.29, 1.82) is 0 Å². The van der Waals surface area contributed by atoms with Crippen LogP contribution in [0.5, 0.6) is 0 Å². The summed E-state index contributed by atoms with van der Waals surface area (Å²) in [6.45, 7) is 1.67. The van der Waals surface area contributed by atoms with Crippen molar-refractivity contribution in [2.24, 2.45) is 0 Å². The van der Waals surface area contributed by atoms with Crippen LogP contribution in [0.2, 0.25) is 5.02 Å². The van der Waals surface area contributed by atoms with Crippen LogP contribution in [-0.4, -0.2) is 21.0 Å². The molecule has 108 valence electrons. The van der Waals surface area contributed by atoms with Gasteiger partial charge in [-0.05, 0) is 30.7 Å². The number of hydrogen-bond donors (Lipinski definition) is 2. The van der Waals surface area contributed by atoms with Gasteiger partial charge in [0.25, 0.3) is 5.69 Å². The largest absolute Gasteiger partial charge is 0.478 e. The van der Waals surface area contributed by atoms with Gasteiger partial charge in [-0.25, -0.2) is 9.78 Å². The van der Waals surface area contributed by atoms with Gasteiger partial charge in [-0.3, -0.25) is 10.1 Å². The zero-order valence-electron chi connectivity index (χ0n) is 10.8. The topological polar surface area (TPSA) is 105 Å². The number of aromatic nitrogens is 1. The van der Waals surface area contributed by atoms with E-state index in [1.165, 1.54) is 24.3 Å². The molecule has 21 heavy (non-hydrogen) atoms. The molecule has 0 aliphatic heterocycles. The van der Waals surface area contributed by atoms with Crippen LogP contribution in [0.25, 0.3) is 0 Å². The molecule has 0 aliphatic rings. The minimum atomic E-state index is -1.08. The molecule has 0 aliphatic carbocycles. The second-order valence-corrected chi connectivity index (χ2v) is 4.65. The van der Waals surface area contributed by atoms with Crippen molar-refractivity contribution in [2.75, 3.05) is 5.32 Å². The van der Waals surface area contributed by atoms with E-state index in [1.54, 1.807) is 6.92 Å². The lowest BCUT2D eigenvalue weighted by molar-refractivity contribution is -0.385. The number of rotatable bonds is 4. The highest BCUT2D eigenvalue weighted by atomic mass is 35.5. The molecule has 2 aromatic rings. The van der Waals surface area contributed by atoms with Gasteiger partial charge in [0.15, 0.2) is 0 Å². The smallest absolute Gasteiger partial charge is 0.335 e. The Morgan fingerprint density at radius 2 is 2.14 bits per heavy atom. The summed E-state index contributed by atoms with van der Waals surface area (Å²) < 4.78 is 0. The molecule has 0 unspecified atom stereocenters.